The third-order valence-corrected chi connectivity index (χ3v) is 3.65. The van der Waals surface area contributed by atoms with Crippen molar-refractivity contribution in [2.24, 2.45) is 11.3 Å². The third-order valence-electron chi connectivity index (χ3n) is 3.65. The van der Waals surface area contributed by atoms with E-state index in [2.05, 4.69) is 41.9 Å². The molecule has 1 aliphatic rings. The fourth-order valence-corrected chi connectivity index (χ4v) is 2.22. The Hall–Kier alpha value is -0.830. The summed E-state index contributed by atoms with van der Waals surface area (Å²) in [6.45, 7) is 10.0. The van der Waals surface area contributed by atoms with Crippen molar-refractivity contribution in [1.82, 2.24) is 15.1 Å². The number of hydrogen-bond donors (Lipinski definition) is 1. The maximum absolute atomic E-state index is 4.32. The quantitative estimate of drug-likeness (QED) is 0.799. The van der Waals surface area contributed by atoms with Crippen molar-refractivity contribution < 1.29 is 0 Å². The Labute approximate surface area is 98.2 Å². The molecule has 1 fully saturated rings. The van der Waals surface area contributed by atoms with E-state index in [0.29, 0.717) is 5.41 Å². The molecule has 1 aromatic rings. The van der Waals surface area contributed by atoms with Gasteiger partial charge in [-0.3, -0.25) is 4.68 Å². The minimum absolute atomic E-state index is 0.580. The third kappa shape index (κ3) is 2.64. The van der Waals surface area contributed by atoms with Gasteiger partial charge in [0.15, 0.2) is 0 Å². The molecule has 1 aliphatic carbocycles. The van der Waals surface area contributed by atoms with Gasteiger partial charge in [-0.2, -0.15) is 5.10 Å². The van der Waals surface area contributed by atoms with Gasteiger partial charge in [-0.05, 0) is 36.8 Å². The molecule has 0 aliphatic heterocycles. The van der Waals surface area contributed by atoms with Gasteiger partial charge in [0, 0.05) is 19.3 Å². The molecule has 1 aromatic heterocycles. The number of aromatic nitrogens is 2. The molecule has 90 valence electrons. The van der Waals surface area contributed by atoms with Crippen LogP contribution in [0.25, 0.3) is 0 Å². The van der Waals surface area contributed by atoms with Crippen molar-refractivity contribution in [3.63, 3.8) is 0 Å². The van der Waals surface area contributed by atoms with Crippen LogP contribution >= 0.6 is 0 Å². The first-order valence-electron chi connectivity index (χ1n) is 6.35. The Balaban J connectivity index is 1.75. The summed E-state index contributed by atoms with van der Waals surface area (Å²) in [6, 6.07) is 2.11. The van der Waals surface area contributed by atoms with Crippen LogP contribution in [-0.2, 0) is 13.1 Å². The zero-order valence-electron chi connectivity index (χ0n) is 10.7. The first kappa shape index (κ1) is 11.6. The lowest BCUT2D eigenvalue weighted by Gasteiger charge is -2.08. The van der Waals surface area contributed by atoms with Crippen molar-refractivity contribution in [2.45, 2.75) is 46.7 Å². The van der Waals surface area contributed by atoms with Crippen molar-refractivity contribution in [1.29, 1.82) is 0 Å². The summed E-state index contributed by atoms with van der Waals surface area (Å²) in [6.07, 6.45) is 4.41. The molecule has 0 saturated heterocycles. The van der Waals surface area contributed by atoms with Gasteiger partial charge in [-0.25, -0.2) is 0 Å². The van der Waals surface area contributed by atoms with E-state index >= 15 is 0 Å². The van der Waals surface area contributed by atoms with Crippen LogP contribution in [0.3, 0.4) is 0 Å². The molecule has 0 aromatic carbocycles. The number of rotatable bonds is 6. The SMILES string of the molecule is CCCn1nccc1CNCC1CC1(C)C. The Kier molecular flexibility index (Phi) is 3.33. The summed E-state index contributed by atoms with van der Waals surface area (Å²) < 4.78 is 2.10. The standard InChI is InChI=1S/C13H23N3/c1-4-7-16-12(5-6-15-16)10-14-9-11-8-13(11,2)3/h5-6,11,14H,4,7-10H2,1-3H3. The molecule has 0 radical (unpaired) electrons. The summed E-state index contributed by atoms with van der Waals surface area (Å²) >= 11 is 0. The average Bonchev–Trinajstić information content (AvgIpc) is 2.63. The number of nitrogens with one attached hydrogen (secondary N) is 1. The Morgan fingerprint density at radius 1 is 1.56 bits per heavy atom. The largest absolute Gasteiger partial charge is 0.311 e. The van der Waals surface area contributed by atoms with E-state index in [-0.39, 0.29) is 0 Å². The zero-order valence-corrected chi connectivity index (χ0v) is 10.7. The summed E-state index contributed by atoms with van der Waals surface area (Å²) in [5, 5.41) is 7.87. The second kappa shape index (κ2) is 4.58. The topological polar surface area (TPSA) is 29.9 Å². The molecule has 0 spiro atoms. The molecule has 1 saturated carbocycles. The highest BCUT2D eigenvalue weighted by atomic mass is 15.3. The number of hydrogen-bond acceptors (Lipinski definition) is 2. The molecular formula is C13H23N3. The predicted molar refractivity (Wildman–Crippen MR) is 66.1 cm³/mol. The van der Waals surface area contributed by atoms with Crippen LogP contribution in [-0.4, -0.2) is 16.3 Å². The summed E-state index contributed by atoms with van der Waals surface area (Å²) in [5.74, 6) is 0.870. The van der Waals surface area contributed by atoms with Gasteiger partial charge in [0.1, 0.15) is 0 Å². The minimum atomic E-state index is 0.580. The van der Waals surface area contributed by atoms with Crippen molar-refractivity contribution in [3.8, 4) is 0 Å². The van der Waals surface area contributed by atoms with Gasteiger partial charge >= 0.3 is 0 Å². The summed E-state index contributed by atoms with van der Waals surface area (Å²) in [5.41, 5.74) is 1.89. The van der Waals surface area contributed by atoms with Crippen LogP contribution in [0.4, 0.5) is 0 Å². The molecule has 1 unspecified atom stereocenters. The van der Waals surface area contributed by atoms with Crippen LogP contribution in [0.2, 0.25) is 0 Å². The molecule has 2 rings (SSSR count). The van der Waals surface area contributed by atoms with E-state index in [1.807, 2.05) is 6.20 Å². The molecule has 16 heavy (non-hydrogen) atoms. The molecule has 3 nitrogen and oxygen atoms in total. The van der Waals surface area contributed by atoms with E-state index in [9.17, 15) is 0 Å². The fraction of sp³-hybridized carbons (Fsp3) is 0.769. The molecule has 3 heteroatoms. The molecule has 1 N–H and O–H groups in total. The zero-order chi connectivity index (χ0) is 11.6. The van der Waals surface area contributed by atoms with E-state index in [1.165, 1.54) is 12.1 Å². The van der Waals surface area contributed by atoms with Crippen LogP contribution in [0, 0.1) is 11.3 Å². The normalized spacial score (nSPS) is 22.3. The lowest BCUT2D eigenvalue weighted by Crippen LogP contribution is -2.20. The van der Waals surface area contributed by atoms with Crippen molar-refractivity contribution >= 4 is 0 Å². The van der Waals surface area contributed by atoms with Crippen LogP contribution in [0.5, 0.6) is 0 Å². The Morgan fingerprint density at radius 2 is 2.31 bits per heavy atom. The molecule has 0 amide bonds. The highest BCUT2D eigenvalue weighted by molar-refractivity contribution is 5.01. The summed E-state index contributed by atoms with van der Waals surface area (Å²) in [7, 11) is 0. The number of aryl methyl sites for hydroxylation is 1. The van der Waals surface area contributed by atoms with E-state index in [1.54, 1.807) is 0 Å². The fourth-order valence-electron chi connectivity index (χ4n) is 2.22. The van der Waals surface area contributed by atoms with Crippen LogP contribution in [0.1, 0.15) is 39.3 Å². The molecular weight excluding hydrogens is 198 g/mol. The van der Waals surface area contributed by atoms with Crippen LogP contribution in [0.15, 0.2) is 12.3 Å². The Bertz CT molecular complexity index is 341. The van der Waals surface area contributed by atoms with Crippen molar-refractivity contribution in [2.75, 3.05) is 6.54 Å². The second-order valence-electron chi connectivity index (χ2n) is 5.57. The maximum Gasteiger partial charge on any atom is 0.0522 e. The van der Waals surface area contributed by atoms with Gasteiger partial charge in [0.05, 0.1) is 5.69 Å². The highest BCUT2D eigenvalue weighted by Gasteiger charge is 2.44. The van der Waals surface area contributed by atoms with Gasteiger partial charge in [0.25, 0.3) is 0 Å². The second-order valence-corrected chi connectivity index (χ2v) is 5.57. The maximum atomic E-state index is 4.32. The molecule has 1 heterocycles. The monoisotopic (exact) mass is 221 g/mol. The lowest BCUT2D eigenvalue weighted by molar-refractivity contribution is 0.501. The van der Waals surface area contributed by atoms with E-state index in [4.69, 9.17) is 0 Å². The van der Waals surface area contributed by atoms with Gasteiger partial charge in [-0.15, -0.1) is 0 Å². The lowest BCUT2D eigenvalue weighted by atomic mass is 10.1. The van der Waals surface area contributed by atoms with Crippen LogP contribution < -0.4 is 5.32 Å². The Morgan fingerprint density at radius 3 is 2.94 bits per heavy atom. The van der Waals surface area contributed by atoms with E-state index < -0.39 is 0 Å². The number of nitrogens with zero attached hydrogens (tertiary/aromatic N) is 2. The molecule has 0 bridgehead atoms. The van der Waals surface area contributed by atoms with Gasteiger partial charge in [-0.1, -0.05) is 20.8 Å². The molecule has 1 atom stereocenters. The van der Waals surface area contributed by atoms with E-state index in [0.717, 1.165) is 32.0 Å². The average molecular weight is 221 g/mol. The first-order valence-corrected chi connectivity index (χ1v) is 6.35. The van der Waals surface area contributed by atoms with Gasteiger partial charge < -0.3 is 5.32 Å². The minimum Gasteiger partial charge on any atom is -0.311 e. The highest BCUT2D eigenvalue weighted by Crippen LogP contribution is 2.50. The first-order chi connectivity index (χ1) is 7.63. The summed E-state index contributed by atoms with van der Waals surface area (Å²) in [4.78, 5) is 0. The van der Waals surface area contributed by atoms with Crippen molar-refractivity contribution in [3.05, 3.63) is 18.0 Å². The smallest absolute Gasteiger partial charge is 0.0522 e. The predicted octanol–water partition coefficient (Wildman–Crippen LogP) is 2.43. The van der Waals surface area contributed by atoms with Gasteiger partial charge in [0.2, 0.25) is 0 Å².